The van der Waals surface area contributed by atoms with Crippen LogP contribution in [0.4, 0.5) is 18.9 Å². The average Bonchev–Trinajstić information content (AvgIpc) is 2.59. The lowest BCUT2D eigenvalue weighted by atomic mass is 10.2. The third kappa shape index (κ3) is 5.23. The highest BCUT2D eigenvalue weighted by Crippen LogP contribution is 2.29. The van der Waals surface area contributed by atoms with Gasteiger partial charge in [-0.05, 0) is 48.5 Å². The number of anilines is 1. The minimum atomic E-state index is -4.44. The molecule has 8 heteroatoms. The highest BCUT2D eigenvalue weighted by atomic mass is 19.4. The Bertz CT molecular complexity index is 741. The van der Waals surface area contributed by atoms with Gasteiger partial charge in [-0.3, -0.25) is 9.59 Å². The molecule has 0 saturated carbocycles. The van der Waals surface area contributed by atoms with E-state index >= 15 is 0 Å². The molecule has 0 heterocycles. The number of benzene rings is 2. The summed E-state index contributed by atoms with van der Waals surface area (Å²) < 4.78 is 42.4. The molecule has 0 fully saturated rings. The minimum Gasteiger partial charge on any atom is -0.497 e. The molecule has 0 aliphatic heterocycles. The predicted octanol–water partition coefficient (Wildman–Crippen LogP) is 3.08. The number of alkyl halides is 3. The van der Waals surface area contributed by atoms with Crippen molar-refractivity contribution in [3.05, 3.63) is 59.7 Å². The Morgan fingerprint density at radius 3 is 2.12 bits per heavy atom. The van der Waals surface area contributed by atoms with Gasteiger partial charge in [0.05, 0.1) is 19.2 Å². The van der Waals surface area contributed by atoms with E-state index in [4.69, 9.17) is 4.74 Å². The molecule has 0 radical (unpaired) electrons. The summed E-state index contributed by atoms with van der Waals surface area (Å²) >= 11 is 0. The van der Waals surface area contributed by atoms with Crippen LogP contribution in [0.15, 0.2) is 48.5 Å². The van der Waals surface area contributed by atoms with Crippen molar-refractivity contribution >= 4 is 17.5 Å². The van der Waals surface area contributed by atoms with Crippen LogP contribution in [0.2, 0.25) is 0 Å². The summed E-state index contributed by atoms with van der Waals surface area (Å²) in [5, 5.41) is 4.82. The number of carbonyl (C=O) groups is 2. The van der Waals surface area contributed by atoms with Crippen molar-refractivity contribution in [1.29, 1.82) is 0 Å². The van der Waals surface area contributed by atoms with Gasteiger partial charge in [0.2, 0.25) is 5.91 Å². The van der Waals surface area contributed by atoms with Gasteiger partial charge in [-0.2, -0.15) is 13.2 Å². The number of ether oxygens (including phenoxy) is 1. The third-order valence-electron chi connectivity index (χ3n) is 3.26. The zero-order valence-electron chi connectivity index (χ0n) is 13.2. The normalized spacial score (nSPS) is 10.9. The number of carbonyl (C=O) groups excluding carboxylic acids is 2. The molecule has 0 bridgehead atoms. The average molecular weight is 352 g/mol. The summed E-state index contributed by atoms with van der Waals surface area (Å²) in [6.07, 6.45) is -4.44. The summed E-state index contributed by atoms with van der Waals surface area (Å²) in [5.41, 5.74) is -0.252. The Morgan fingerprint density at radius 1 is 1.00 bits per heavy atom. The van der Waals surface area contributed by atoms with Crippen LogP contribution in [0.1, 0.15) is 15.9 Å². The van der Waals surface area contributed by atoms with Gasteiger partial charge in [0.25, 0.3) is 5.91 Å². The smallest absolute Gasteiger partial charge is 0.416 e. The first-order chi connectivity index (χ1) is 11.8. The first-order valence-corrected chi connectivity index (χ1v) is 7.19. The standard InChI is InChI=1S/C17H15F3N2O3/c1-25-14-8-2-11(3-9-14)16(24)21-10-15(23)22-13-6-4-12(5-7-13)17(18,19)20/h2-9H,10H2,1H3,(H,21,24)(H,22,23). The number of rotatable bonds is 5. The van der Waals surface area contributed by atoms with Crippen LogP contribution in [-0.4, -0.2) is 25.5 Å². The van der Waals surface area contributed by atoms with Gasteiger partial charge in [0.1, 0.15) is 5.75 Å². The van der Waals surface area contributed by atoms with Gasteiger partial charge < -0.3 is 15.4 Å². The second-order valence-electron chi connectivity index (χ2n) is 5.03. The van der Waals surface area contributed by atoms with Crippen LogP contribution >= 0.6 is 0 Å². The lowest BCUT2D eigenvalue weighted by molar-refractivity contribution is -0.137. The SMILES string of the molecule is COc1ccc(C(=O)NCC(=O)Nc2ccc(C(F)(F)F)cc2)cc1. The van der Waals surface area contributed by atoms with Gasteiger partial charge in [-0.1, -0.05) is 0 Å². The molecule has 2 amide bonds. The largest absolute Gasteiger partial charge is 0.497 e. The molecular formula is C17H15F3N2O3. The van der Waals surface area contributed by atoms with Crippen LogP contribution in [0, 0.1) is 0 Å². The maximum Gasteiger partial charge on any atom is 0.416 e. The van der Waals surface area contributed by atoms with E-state index in [0.717, 1.165) is 24.3 Å². The van der Waals surface area contributed by atoms with Crippen LogP contribution in [0.3, 0.4) is 0 Å². The second kappa shape index (κ2) is 7.69. The number of methoxy groups -OCH3 is 1. The van der Waals surface area contributed by atoms with Crippen molar-refractivity contribution in [2.24, 2.45) is 0 Å². The van der Waals surface area contributed by atoms with E-state index in [9.17, 15) is 22.8 Å². The summed E-state index contributed by atoms with van der Waals surface area (Å²) in [7, 11) is 1.50. The van der Waals surface area contributed by atoms with Crippen LogP contribution in [-0.2, 0) is 11.0 Å². The molecule has 0 atom stereocenters. The molecule has 2 aromatic rings. The number of halogens is 3. The maximum absolute atomic E-state index is 12.5. The van der Waals surface area contributed by atoms with Gasteiger partial charge in [-0.15, -0.1) is 0 Å². The topological polar surface area (TPSA) is 67.4 Å². The van der Waals surface area contributed by atoms with Gasteiger partial charge in [0.15, 0.2) is 0 Å². The highest BCUT2D eigenvalue weighted by molar-refractivity contribution is 5.99. The van der Waals surface area contributed by atoms with Crippen molar-refractivity contribution in [3.63, 3.8) is 0 Å². The van der Waals surface area contributed by atoms with E-state index in [0.29, 0.717) is 11.3 Å². The number of hydrogen-bond donors (Lipinski definition) is 2. The fraction of sp³-hybridized carbons (Fsp3) is 0.176. The Labute approximate surface area is 141 Å². The molecule has 2 N–H and O–H groups in total. The fourth-order valence-corrected chi connectivity index (χ4v) is 1.95. The summed E-state index contributed by atoms with van der Waals surface area (Å²) in [5.74, 6) is -0.413. The Balaban J connectivity index is 1.86. The Hall–Kier alpha value is -3.03. The number of hydrogen-bond acceptors (Lipinski definition) is 3. The molecule has 0 aromatic heterocycles. The molecule has 0 aliphatic rings. The molecule has 25 heavy (non-hydrogen) atoms. The molecular weight excluding hydrogens is 337 g/mol. The Morgan fingerprint density at radius 2 is 1.60 bits per heavy atom. The maximum atomic E-state index is 12.5. The number of amides is 2. The zero-order chi connectivity index (χ0) is 18.4. The van der Waals surface area contributed by atoms with E-state index in [2.05, 4.69) is 10.6 Å². The molecule has 2 rings (SSSR count). The molecule has 2 aromatic carbocycles. The second-order valence-corrected chi connectivity index (χ2v) is 5.03. The molecule has 0 saturated heterocycles. The molecule has 0 spiro atoms. The zero-order valence-corrected chi connectivity index (χ0v) is 13.2. The van der Waals surface area contributed by atoms with Crippen molar-refractivity contribution in [3.8, 4) is 5.75 Å². The van der Waals surface area contributed by atoms with Crippen LogP contribution in [0.5, 0.6) is 5.75 Å². The van der Waals surface area contributed by atoms with E-state index in [1.54, 1.807) is 24.3 Å². The molecule has 0 unspecified atom stereocenters. The summed E-state index contributed by atoms with van der Waals surface area (Å²) in [6.45, 7) is -0.314. The van der Waals surface area contributed by atoms with Gasteiger partial charge in [-0.25, -0.2) is 0 Å². The lowest BCUT2D eigenvalue weighted by Gasteiger charge is -2.09. The Kier molecular flexibility index (Phi) is 5.63. The van der Waals surface area contributed by atoms with Crippen molar-refractivity contribution < 1.29 is 27.5 Å². The van der Waals surface area contributed by atoms with E-state index in [-0.39, 0.29) is 12.2 Å². The van der Waals surface area contributed by atoms with E-state index < -0.39 is 23.6 Å². The van der Waals surface area contributed by atoms with Crippen LogP contribution < -0.4 is 15.4 Å². The van der Waals surface area contributed by atoms with Crippen molar-refractivity contribution in [2.45, 2.75) is 6.18 Å². The van der Waals surface area contributed by atoms with Gasteiger partial charge in [0, 0.05) is 11.3 Å². The predicted molar refractivity (Wildman–Crippen MR) is 85.4 cm³/mol. The third-order valence-corrected chi connectivity index (χ3v) is 3.26. The van der Waals surface area contributed by atoms with Gasteiger partial charge >= 0.3 is 6.18 Å². The monoisotopic (exact) mass is 352 g/mol. The van der Waals surface area contributed by atoms with E-state index in [1.165, 1.54) is 7.11 Å². The fourth-order valence-electron chi connectivity index (χ4n) is 1.95. The first kappa shape index (κ1) is 18.3. The van der Waals surface area contributed by atoms with Crippen molar-refractivity contribution in [1.82, 2.24) is 5.32 Å². The summed E-state index contributed by atoms with van der Waals surface area (Å²) in [6, 6.07) is 10.3. The first-order valence-electron chi connectivity index (χ1n) is 7.19. The molecule has 0 aliphatic carbocycles. The molecule has 5 nitrogen and oxygen atoms in total. The lowest BCUT2D eigenvalue weighted by Crippen LogP contribution is -2.32. The number of nitrogens with one attached hydrogen (secondary N) is 2. The highest BCUT2D eigenvalue weighted by Gasteiger charge is 2.29. The summed E-state index contributed by atoms with van der Waals surface area (Å²) in [4.78, 5) is 23.7. The van der Waals surface area contributed by atoms with Crippen LogP contribution in [0.25, 0.3) is 0 Å². The van der Waals surface area contributed by atoms with E-state index in [1.807, 2.05) is 0 Å². The minimum absolute atomic E-state index is 0.205. The quantitative estimate of drug-likeness (QED) is 0.869. The van der Waals surface area contributed by atoms with Crippen molar-refractivity contribution in [2.75, 3.05) is 19.0 Å². The molecule has 132 valence electrons.